The number of carbonyl (C=O) groups excluding carboxylic acids is 10. The van der Waals surface area contributed by atoms with E-state index in [4.69, 9.17) is 33.2 Å². The molecule has 5 aliphatic rings. The molecule has 3 atom stereocenters. The standard InChI is InChI=1S/C26H28N2O8S2.C23H28N2O7S2.C21H24N2O8S2/c1-4-36-20-11-16(9-10-19(20)35-2)18(13-38(3,33)34)27-24(31)17-12-37-26(21(17)25(27)32)28(22(29)14-5-6-14)23(30)15-7-8-15;1-7-32-17-10-13(8-9-16(17)31-5)15(12-34(6,29)30)25-20(26)14-11-33-19(18(14)21(25)27)24-22(28)23(2,3)4;1-5-31-16-8-12(6-7-15(16)30-3)14(11-33(4,27)28)23-20(25)13-10-32-19(18(13)21(23)26)22-17(24)9-29-2/h9-12,14-15,18H,4-8,13H2,1-3H3;8-11,15H,7,12H2,1-6H3,(H,24,28);6-8,10,14H,5,9,11H2,1-4H3,(H,22,24)/t18-;15-;14-/m111/s1. The van der Waals surface area contributed by atoms with Crippen molar-refractivity contribution in [1.82, 2.24) is 14.7 Å². The van der Waals surface area contributed by atoms with Crippen LogP contribution in [0.15, 0.2) is 70.7 Å². The fourth-order valence-electron chi connectivity index (χ4n) is 11.6. The van der Waals surface area contributed by atoms with E-state index in [1.807, 2.05) is 0 Å². The maximum atomic E-state index is 13.9. The van der Waals surface area contributed by atoms with Gasteiger partial charge in [-0.05, 0) is 99.5 Å². The number of fused-ring (bicyclic) bond motifs is 3. The van der Waals surface area contributed by atoms with Gasteiger partial charge in [-0.1, -0.05) is 39.0 Å². The molecule has 29 nitrogen and oxygen atoms in total. The summed E-state index contributed by atoms with van der Waals surface area (Å²) in [5.41, 5.74) is 0.846. The van der Waals surface area contributed by atoms with Crippen molar-refractivity contribution in [3.05, 3.63) is 121 Å². The first-order chi connectivity index (χ1) is 49.4. The molecule has 2 fully saturated rings. The van der Waals surface area contributed by atoms with Crippen LogP contribution in [0.4, 0.5) is 15.0 Å². The maximum absolute atomic E-state index is 13.9. The predicted octanol–water partition coefficient (Wildman–Crippen LogP) is 8.86. The van der Waals surface area contributed by atoms with Crippen LogP contribution in [0, 0.1) is 17.3 Å². The molecule has 11 rings (SSSR count). The van der Waals surface area contributed by atoms with Gasteiger partial charge in [-0.15, -0.1) is 34.0 Å². The van der Waals surface area contributed by atoms with E-state index in [0.29, 0.717) is 96.7 Å². The summed E-state index contributed by atoms with van der Waals surface area (Å²) in [7, 11) is -5.10. The lowest BCUT2D eigenvalue weighted by molar-refractivity contribution is -0.128. The Hall–Kier alpha value is -9.13. The number of methoxy groups -OCH3 is 4. The normalized spacial score (nSPS) is 15.7. The van der Waals surface area contributed by atoms with Gasteiger partial charge < -0.3 is 43.8 Å². The summed E-state index contributed by atoms with van der Waals surface area (Å²) in [4.78, 5) is 135. The molecule has 2 saturated carbocycles. The Balaban J connectivity index is 0.000000183. The minimum atomic E-state index is -3.66. The molecule has 6 aromatic rings. The summed E-state index contributed by atoms with van der Waals surface area (Å²) in [6.07, 6.45) is 5.81. The molecule has 3 aromatic carbocycles. The lowest BCUT2D eigenvalue weighted by atomic mass is 9.96. The Kier molecular flexibility index (Phi) is 24.6. The third kappa shape index (κ3) is 17.9. The molecule has 3 aliphatic heterocycles. The smallest absolute Gasteiger partial charge is 0.265 e. The van der Waals surface area contributed by atoms with Crippen LogP contribution in [0.25, 0.3) is 0 Å². The number of thiophene rings is 3. The quantitative estimate of drug-likeness (QED) is 0.0433. The van der Waals surface area contributed by atoms with Crippen LogP contribution in [0.5, 0.6) is 34.5 Å². The van der Waals surface area contributed by atoms with Crippen LogP contribution in [0.1, 0.15) is 164 Å². The molecule has 2 aliphatic carbocycles. The minimum Gasteiger partial charge on any atom is -0.493 e. The fourth-order valence-corrected chi connectivity index (χ4v) is 17.3. The van der Waals surface area contributed by atoms with Crippen LogP contribution in [-0.4, -0.2) is 190 Å². The molecule has 35 heteroatoms. The third-order valence-electron chi connectivity index (χ3n) is 16.9. The van der Waals surface area contributed by atoms with Crippen molar-refractivity contribution < 1.29 is 106 Å². The molecule has 0 unspecified atom stereocenters. The van der Waals surface area contributed by atoms with Crippen molar-refractivity contribution in [3.8, 4) is 34.5 Å². The SMILES string of the molecule is CCOc1cc([C@@H](CS(C)(=O)=O)N2C(=O)c3csc(N(C(=O)C4CC4)C(=O)C4CC4)c3C2=O)ccc1OC.CCOc1cc([C@@H](CS(C)(=O)=O)N2C(=O)c3csc(NC(=O)C(C)(C)C)c3C2=O)ccc1OC.CCOc1cc([C@@H](CS(C)(=O)=O)N2C(=O)c3csc(NC(=O)COC)c3C2=O)ccc1OC. The monoisotopic (exact) mass is 1560 g/mol. The highest BCUT2D eigenvalue weighted by molar-refractivity contribution is 7.91. The van der Waals surface area contributed by atoms with Crippen LogP contribution in [-0.2, 0) is 53.4 Å². The second kappa shape index (κ2) is 32.3. The summed E-state index contributed by atoms with van der Waals surface area (Å²) >= 11 is 3.14. The average molecular weight is 1570 g/mol. The zero-order valence-corrected chi connectivity index (χ0v) is 64.6. The Bertz CT molecular complexity index is 4790. The number of nitrogens with one attached hydrogen (secondary N) is 2. The van der Waals surface area contributed by atoms with Crippen molar-refractivity contribution in [3.63, 3.8) is 0 Å². The number of rotatable bonds is 28. The van der Waals surface area contributed by atoms with Gasteiger partial charge in [0, 0.05) is 59.3 Å². The molecule has 3 aromatic heterocycles. The van der Waals surface area contributed by atoms with Crippen molar-refractivity contribution >= 4 is 138 Å². The zero-order valence-electron chi connectivity index (χ0n) is 59.7. The van der Waals surface area contributed by atoms with Crippen molar-refractivity contribution in [2.75, 3.05) is 106 Å². The van der Waals surface area contributed by atoms with Crippen LogP contribution in [0.3, 0.4) is 0 Å². The topological polar surface area (TPSA) is 375 Å². The molecule has 0 spiro atoms. The first kappa shape index (κ1) is 80.0. The van der Waals surface area contributed by atoms with E-state index in [0.717, 1.165) is 72.4 Å². The predicted molar refractivity (Wildman–Crippen MR) is 391 cm³/mol. The number of hydrogen-bond acceptors (Lipinski definition) is 26. The highest BCUT2D eigenvalue weighted by atomic mass is 32.2. The lowest BCUT2D eigenvalue weighted by Gasteiger charge is -2.27. The third-order valence-corrected chi connectivity index (χ3v) is 22.4. The van der Waals surface area contributed by atoms with Gasteiger partial charge >= 0.3 is 0 Å². The van der Waals surface area contributed by atoms with Gasteiger partial charge in [-0.2, -0.15) is 0 Å². The Morgan fingerprint density at radius 2 is 0.810 bits per heavy atom. The fraction of sp³-hybridized carbons (Fsp3) is 0.429. The number of benzene rings is 3. The molecule has 105 heavy (non-hydrogen) atoms. The molecule has 10 amide bonds. The van der Waals surface area contributed by atoms with E-state index < -0.39 is 112 Å². The number of hydrogen-bond donors (Lipinski definition) is 2. The van der Waals surface area contributed by atoms with Crippen molar-refractivity contribution in [2.45, 2.75) is 85.4 Å². The van der Waals surface area contributed by atoms with E-state index in [1.54, 1.807) is 96.1 Å². The van der Waals surface area contributed by atoms with E-state index in [1.165, 1.54) is 44.6 Å². The molecular weight excluding hydrogens is 1490 g/mol. The summed E-state index contributed by atoms with van der Waals surface area (Å²) in [5.74, 6) is -5.16. The summed E-state index contributed by atoms with van der Waals surface area (Å²) < 4.78 is 111. The molecule has 0 saturated heterocycles. The average Bonchev–Trinajstić information content (AvgIpc) is 1.58. The Morgan fingerprint density at radius 3 is 1.11 bits per heavy atom. The molecule has 0 radical (unpaired) electrons. The maximum Gasteiger partial charge on any atom is 0.265 e. The minimum absolute atomic E-state index is 0.0277. The highest BCUT2D eigenvalue weighted by Gasteiger charge is 2.51. The number of anilines is 3. The Labute approximate surface area is 619 Å². The zero-order chi connectivity index (χ0) is 77.1. The van der Waals surface area contributed by atoms with Gasteiger partial charge in [0.15, 0.2) is 34.5 Å². The summed E-state index contributed by atoms with van der Waals surface area (Å²) in [5, 5.41) is 10.3. The number of amides is 10. The van der Waals surface area contributed by atoms with E-state index >= 15 is 0 Å². The van der Waals surface area contributed by atoms with Crippen LogP contribution < -0.4 is 44.0 Å². The first-order valence-corrected chi connectivity index (χ1v) is 41.7. The summed E-state index contributed by atoms with van der Waals surface area (Å²) in [6, 6.07) is 10.9. The van der Waals surface area contributed by atoms with Gasteiger partial charge in [-0.25, -0.2) is 30.2 Å². The van der Waals surface area contributed by atoms with E-state index in [2.05, 4.69) is 10.6 Å². The van der Waals surface area contributed by atoms with E-state index in [-0.39, 0.29) is 84.5 Å². The highest BCUT2D eigenvalue weighted by Crippen LogP contribution is 2.48. The second-order valence-corrected chi connectivity index (χ2v) is 35.2. The van der Waals surface area contributed by atoms with Crippen LogP contribution in [0.2, 0.25) is 0 Å². The molecule has 6 heterocycles. The lowest BCUT2D eigenvalue weighted by Crippen LogP contribution is -2.40. The van der Waals surface area contributed by atoms with Crippen molar-refractivity contribution in [2.24, 2.45) is 17.3 Å². The van der Waals surface area contributed by atoms with Gasteiger partial charge in [0.1, 0.15) is 51.1 Å². The molecule has 0 bridgehead atoms. The van der Waals surface area contributed by atoms with E-state index in [9.17, 15) is 73.2 Å². The van der Waals surface area contributed by atoms with Gasteiger partial charge in [0.05, 0.1) is 110 Å². The van der Waals surface area contributed by atoms with Gasteiger partial charge in [0.2, 0.25) is 17.7 Å². The number of carbonyl (C=O) groups is 10. The number of ether oxygens (including phenoxy) is 7. The second-order valence-electron chi connectivity index (χ2n) is 26.1. The number of imide groups is 4. The van der Waals surface area contributed by atoms with Gasteiger partial charge in [-0.3, -0.25) is 62.6 Å². The first-order valence-electron chi connectivity index (χ1n) is 32.9. The largest absolute Gasteiger partial charge is 0.493 e. The molecule has 564 valence electrons. The molecule has 2 N–H and O–H groups in total. The number of sulfone groups is 3. The number of nitrogens with zero attached hydrogens (tertiary/aromatic N) is 4. The van der Waals surface area contributed by atoms with Crippen LogP contribution >= 0.6 is 34.0 Å². The van der Waals surface area contributed by atoms with Crippen molar-refractivity contribution in [1.29, 1.82) is 0 Å². The molecular formula is C70H80N6O23S6. The Morgan fingerprint density at radius 1 is 0.486 bits per heavy atom. The summed E-state index contributed by atoms with van der Waals surface area (Å²) in [6.45, 7) is 11.3. The van der Waals surface area contributed by atoms with Gasteiger partial charge in [0.25, 0.3) is 41.4 Å².